The summed E-state index contributed by atoms with van der Waals surface area (Å²) in [6.07, 6.45) is 1.74. The first kappa shape index (κ1) is 30.6. The number of carbonyl (C=O) groups is 4. The van der Waals surface area contributed by atoms with Crippen molar-refractivity contribution in [3.05, 3.63) is 125 Å². The minimum Gasteiger partial charge on any atom is -0.454 e. The van der Waals surface area contributed by atoms with Gasteiger partial charge in [0.2, 0.25) is 11.8 Å². The van der Waals surface area contributed by atoms with Crippen LogP contribution in [-0.2, 0) is 24.4 Å². The van der Waals surface area contributed by atoms with Crippen LogP contribution in [-0.4, -0.2) is 38.6 Å². The topological polar surface area (TPSA) is 124 Å². The van der Waals surface area contributed by atoms with Crippen molar-refractivity contribution in [3.63, 3.8) is 0 Å². The van der Waals surface area contributed by atoms with E-state index in [-0.39, 0.29) is 63.2 Å². The summed E-state index contributed by atoms with van der Waals surface area (Å²) < 4.78 is 35.5. The Labute approximate surface area is 272 Å². The molecule has 0 radical (unpaired) electrons. The number of aryl methyl sites for hydroxylation is 1. The molecule has 0 N–H and O–H groups in total. The van der Waals surface area contributed by atoms with E-state index in [1.54, 1.807) is 24.3 Å². The minimum atomic E-state index is -4.05. The van der Waals surface area contributed by atoms with E-state index in [2.05, 4.69) is 12.1 Å². The maximum Gasteiger partial charge on any atom is 0.339 e. The highest BCUT2D eigenvalue weighted by Crippen LogP contribution is 2.61. The quantitative estimate of drug-likeness (QED) is 0.0975. The largest absolute Gasteiger partial charge is 0.454 e. The Kier molecular flexibility index (Phi) is 7.76. The number of fused-ring (bicyclic) bond motifs is 5. The molecule has 47 heavy (non-hydrogen) atoms. The van der Waals surface area contributed by atoms with Gasteiger partial charge in [-0.2, -0.15) is 8.42 Å². The third-order valence-electron chi connectivity index (χ3n) is 9.61. The Morgan fingerprint density at radius 1 is 0.787 bits per heavy atom. The van der Waals surface area contributed by atoms with Crippen molar-refractivity contribution in [2.24, 2.45) is 23.7 Å². The predicted octanol–water partition coefficient (Wildman–Crippen LogP) is 5.73. The second-order valence-electron chi connectivity index (χ2n) is 12.4. The first-order valence-electron chi connectivity index (χ1n) is 15.4. The van der Waals surface area contributed by atoms with Crippen LogP contribution in [0.2, 0.25) is 0 Å². The monoisotopic (exact) mass is 649 g/mol. The molecule has 7 rings (SSSR count). The lowest BCUT2D eigenvalue weighted by Gasteiger charge is -2.28. The van der Waals surface area contributed by atoms with Crippen molar-refractivity contribution < 1.29 is 36.5 Å². The fourth-order valence-electron chi connectivity index (χ4n) is 7.44. The molecule has 0 aromatic heterocycles. The van der Waals surface area contributed by atoms with Crippen LogP contribution < -0.4 is 9.08 Å². The molecule has 4 aromatic carbocycles. The van der Waals surface area contributed by atoms with Gasteiger partial charge >= 0.3 is 16.1 Å². The summed E-state index contributed by atoms with van der Waals surface area (Å²) in [5, 5.41) is 0. The van der Waals surface area contributed by atoms with Gasteiger partial charge in [-0.05, 0) is 97.7 Å². The van der Waals surface area contributed by atoms with Crippen LogP contribution in [0.1, 0.15) is 50.6 Å². The number of amides is 2. The highest BCUT2D eigenvalue weighted by Gasteiger charge is 2.64. The zero-order valence-electron chi connectivity index (χ0n) is 25.4. The first-order chi connectivity index (χ1) is 22.6. The fourth-order valence-corrected chi connectivity index (χ4v) is 8.37. The van der Waals surface area contributed by atoms with Crippen molar-refractivity contribution >= 4 is 39.4 Å². The number of hydrogen-bond acceptors (Lipinski definition) is 8. The molecule has 2 aliphatic carbocycles. The van der Waals surface area contributed by atoms with Gasteiger partial charge in [0.25, 0.3) is 0 Å². The Balaban J connectivity index is 0.985. The number of ketones is 1. The van der Waals surface area contributed by atoms with Crippen molar-refractivity contribution in [2.45, 2.75) is 30.6 Å². The average molecular weight is 650 g/mol. The number of ether oxygens (including phenoxy) is 1. The maximum atomic E-state index is 13.7. The second-order valence-corrected chi connectivity index (χ2v) is 13.9. The van der Waals surface area contributed by atoms with Crippen LogP contribution in [0.3, 0.4) is 0 Å². The summed E-state index contributed by atoms with van der Waals surface area (Å²) in [5.74, 6) is -1.95. The van der Waals surface area contributed by atoms with E-state index in [9.17, 15) is 27.6 Å². The molecule has 1 saturated heterocycles. The number of imide groups is 1. The van der Waals surface area contributed by atoms with Crippen LogP contribution in [0.15, 0.2) is 108 Å². The summed E-state index contributed by atoms with van der Waals surface area (Å²) in [5.41, 5.74) is 2.70. The van der Waals surface area contributed by atoms with Gasteiger partial charge in [0.15, 0.2) is 12.4 Å². The van der Waals surface area contributed by atoms with E-state index in [0.29, 0.717) is 5.69 Å². The smallest absolute Gasteiger partial charge is 0.339 e. The molecule has 2 amide bonds. The molecule has 238 valence electrons. The van der Waals surface area contributed by atoms with Crippen molar-refractivity contribution in [2.75, 3.05) is 11.5 Å². The number of nitrogens with zero attached hydrogens (tertiary/aromatic N) is 1. The molecule has 5 unspecified atom stereocenters. The molecule has 2 saturated carbocycles. The van der Waals surface area contributed by atoms with E-state index >= 15 is 0 Å². The van der Waals surface area contributed by atoms with E-state index < -0.39 is 28.5 Å². The van der Waals surface area contributed by atoms with Gasteiger partial charge < -0.3 is 8.92 Å². The van der Waals surface area contributed by atoms with Crippen molar-refractivity contribution in [1.29, 1.82) is 0 Å². The van der Waals surface area contributed by atoms with Gasteiger partial charge in [0.05, 0.1) is 23.1 Å². The van der Waals surface area contributed by atoms with E-state index in [4.69, 9.17) is 8.92 Å². The number of esters is 1. The molecule has 3 aliphatic rings. The third kappa shape index (κ3) is 5.63. The number of Topliss-reactive ketones (excluding diaryl/α,β-unsaturated/α-hetero) is 1. The highest BCUT2D eigenvalue weighted by molar-refractivity contribution is 7.87. The first-order valence-corrected chi connectivity index (χ1v) is 16.9. The molecule has 2 bridgehead atoms. The molecule has 1 heterocycles. The lowest BCUT2D eigenvalue weighted by Crippen LogP contribution is -2.33. The van der Waals surface area contributed by atoms with E-state index in [1.807, 2.05) is 25.1 Å². The zero-order valence-corrected chi connectivity index (χ0v) is 26.3. The Morgan fingerprint density at radius 3 is 2.21 bits per heavy atom. The summed E-state index contributed by atoms with van der Waals surface area (Å²) in [7, 11) is -4.05. The van der Waals surface area contributed by atoms with E-state index in [1.165, 1.54) is 59.0 Å². The molecule has 0 spiro atoms. The summed E-state index contributed by atoms with van der Waals surface area (Å²) in [4.78, 5) is 54.2. The normalized spacial score (nSPS) is 23.1. The second kappa shape index (κ2) is 11.9. The molecule has 1 aliphatic heterocycles. The molecule has 4 aromatic rings. The van der Waals surface area contributed by atoms with Gasteiger partial charge in [-0.25, -0.2) is 4.79 Å². The number of carbonyl (C=O) groups excluding carboxylic acids is 4. The van der Waals surface area contributed by atoms with Gasteiger partial charge in [0.1, 0.15) is 10.6 Å². The van der Waals surface area contributed by atoms with E-state index in [0.717, 1.165) is 18.4 Å². The summed E-state index contributed by atoms with van der Waals surface area (Å²) >= 11 is 0. The standard InChI is InChI=1S/C37H31NO8S/c1-22-10-16-29(17-11-22)47(43,44)46-28-14-12-24(13-15-28)32(39)21-45-37(42)25-8-5-9-27(18-25)38-35(40)33-26-19-30(23-6-3-2-4-7-23)31(20-26)34(33)36(38)41/h2-18,26,30-31,33-34H,19-21H2,1H3. The molecular weight excluding hydrogens is 618 g/mol. The predicted molar refractivity (Wildman–Crippen MR) is 171 cm³/mol. The van der Waals surface area contributed by atoms with Crippen molar-refractivity contribution in [3.8, 4) is 5.75 Å². The van der Waals surface area contributed by atoms with Gasteiger partial charge in [-0.3, -0.25) is 19.3 Å². The molecule has 3 fully saturated rings. The fraction of sp³-hybridized carbons (Fsp3) is 0.243. The molecular formula is C37H31NO8S. The summed E-state index contributed by atoms with van der Waals surface area (Å²) in [6.45, 7) is 1.27. The Bertz CT molecular complexity index is 1990. The van der Waals surface area contributed by atoms with Crippen LogP contribution >= 0.6 is 0 Å². The maximum absolute atomic E-state index is 13.7. The SMILES string of the molecule is Cc1ccc(S(=O)(=O)Oc2ccc(C(=O)COC(=O)c3cccc(N4C(=O)C5C6CC(c7ccccc7)C(C6)C5C4=O)c3)cc2)cc1. The highest BCUT2D eigenvalue weighted by atomic mass is 32.2. The number of hydrogen-bond donors (Lipinski definition) is 0. The Morgan fingerprint density at radius 2 is 1.49 bits per heavy atom. The van der Waals surface area contributed by atoms with Crippen molar-refractivity contribution in [1.82, 2.24) is 0 Å². The third-order valence-corrected chi connectivity index (χ3v) is 10.9. The lowest BCUT2D eigenvalue weighted by molar-refractivity contribution is -0.123. The summed E-state index contributed by atoms with van der Waals surface area (Å²) in [6, 6.07) is 28.0. The van der Waals surface area contributed by atoms with Crippen LogP contribution in [0, 0.1) is 30.6 Å². The molecule has 5 atom stereocenters. The number of anilines is 1. The average Bonchev–Trinajstić information content (AvgIpc) is 3.75. The lowest BCUT2D eigenvalue weighted by atomic mass is 9.73. The zero-order chi connectivity index (χ0) is 32.9. The molecule has 10 heteroatoms. The van der Waals surface area contributed by atoms with Gasteiger partial charge in [-0.1, -0.05) is 54.1 Å². The molecule has 9 nitrogen and oxygen atoms in total. The number of rotatable bonds is 9. The van der Waals surface area contributed by atoms with Crippen LogP contribution in [0.5, 0.6) is 5.75 Å². The minimum absolute atomic E-state index is 0.00404. The van der Waals surface area contributed by atoms with Gasteiger partial charge in [0, 0.05) is 5.56 Å². The Hall–Kier alpha value is -5.09. The number of benzene rings is 4. The van der Waals surface area contributed by atoms with Gasteiger partial charge in [-0.15, -0.1) is 0 Å². The van der Waals surface area contributed by atoms with Crippen LogP contribution in [0.4, 0.5) is 5.69 Å². The van der Waals surface area contributed by atoms with Crippen LogP contribution in [0.25, 0.3) is 0 Å².